The third kappa shape index (κ3) is 3.87. The monoisotopic (exact) mass is 257 g/mol. The fourth-order valence-electron chi connectivity index (χ4n) is 3.20. The summed E-state index contributed by atoms with van der Waals surface area (Å²) < 4.78 is 6.06. The standard InChI is InChI=1S/C14H27NOS/c1-2-3-13(15)5-4-12-6-8-16-14(10-12)7-9-17-11-14/h12-13H,2-11,15H2,1H3. The highest BCUT2D eigenvalue weighted by Gasteiger charge is 2.40. The van der Waals surface area contributed by atoms with Gasteiger partial charge in [-0.05, 0) is 50.2 Å². The molecular formula is C14H27NOS. The smallest absolute Gasteiger partial charge is 0.0783 e. The van der Waals surface area contributed by atoms with E-state index in [1.54, 1.807) is 0 Å². The molecule has 2 aliphatic heterocycles. The molecule has 0 radical (unpaired) electrons. The molecule has 2 nitrogen and oxygen atoms in total. The first kappa shape index (κ1) is 13.7. The van der Waals surface area contributed by atoms with Crippen LogP contribution in [0.3, 0.4) is 0 Å². The Morgan fingerprint density at radius 2 is 2.35 bits per heavy atom. The Morgan fingerprint density at radius 1 is 1.47 bits per heavy atom. The minimum absolute atomic E-state index is 0.252. The zero-order valence-corrected chi connectivity index (χ0v) is 11.9. The first-order valence-corrected chi connectivity index (χ1v) is 8.37. The average Bonchev–Trinajstić information content (AvgIpc) is 2.75. The molecule has 0 saturated carbocycles. The molecule has 100 valence electrons. The van der Waals surface area contributed by atoms with Crippen LogP contribution in [0.2, 0.25) is 0 Å². The highest BCUT2D eigenvalue weighted by molar-refractivity contribution is 7.99. The molecule has 2 fully saturated rings. The van der Waals surface area contributed by atoms with E-state index in [-0.39, 0.29) is 5.60 Å². The Balaban J connectivity index is 1.74. The lowest BCUT2D eigenvalue weighted by molar-refractivity contribution is -0.0809. The van der Waals surface area contributed by atoms with Crippen molar-refractivity contribution in [1.29, 1.82) is 0 Å². The van der Waals surface area contributed by atoms with E-state index in [1.807, 2.05) is 0 Å². The number of hydrogen-bond donors (Lipinski definition) is 1. The van der Waals surface area contributed by atoms with Gasteiger partial charge in [-0.1, -0.05) is 13.3 Å². The van der Waals surface area contributed by atoms with E-state index in [0.717, 1.165) is 12.5 Å². The van der Waals surface area contributed by atoms with Gasteiger partial charge in [0.1, 0.15) is 0 Å². The second-order valence-corrected chi connectivity index (χ2v) is 6.92. The summed E-state index contributed by atoms with van der Waals surface area (Å²) in [5.74, 6) is 3.39. The minimum Gasteiger partial charge on any atom is -0.374 e. The fourth-order valence-corrected chi connectivity index (χ4v) is 4.58. The van der Waals surface area contributed by atoms with Crippen molar-refractivity contribution in [1.82, 2.24) is 0 Å². The summed E-state index contributed by atoms with van der Waals surface area (Å²) >= 11 is 2.06. The van der Waals surface area contributed by atoms with Crippen molar-refractivity contribution in [2.45, 2.75) is 63.5 Å². The topological polar surface area (TPSA) is 35.2 Å². The lowest BCUT2D eigenvalue weighted by Crippen LogP contribution is -2.40. The number of thioether (sulfide) groups is 1. The molecule has 17 heavy (non-hydrogen) atoms. The van der Waals surface area contributed by atoms with E-state index < -0.39 is 0 Å². The van der Waals surface area contributed by atoms with Crippen molar-refractivity contribution in [2.75, 3.05) is 18.1 Å². The Morgan fingerprint density at radius 3 is 3.06 bits per heavy atom. The van der Waals surface area contributed by atoms with Crippen molar-refractivity contribution in [2.24, 2.45) is 11.7 Å². The van der Waals surface area contributed by atoms with Gasteiger partial charge in [-0.3, -0.25) is 0 Å². The van der Waals surface area contributed by atoms with Crippen LogP contribution in [0.4, 0.5) is 0 Å². The van der Waals surface area contributed by atoms with Crippen molar-refractivity contribution in [3.63, 3.8) is 0 Å². The normalized spacial score (nSPS) is 35.3. The second kappa shape index (κ2) is 6.44. The maximum atomic E-state index is 6.11. The quantitative estimate of drug-likeness (QED) is 0.821. The maximum absolute atomic E-state index is 6.11. The van der Waals surface area contributed by atoms with Gasteiger partial charge in [0.25, 0.3) is 0 Å². The second-order valence-electron chi connectivity index (χ2n) is 5.82. The van der Waals surface area contributed by atoms with Crippen LogP contribution < -0.4 is 5.73 Å². The third-order valence-corrected chi connectivity index (χ3v) is 5.49. The first-order chi connectivity index (χ1) is 8.24. The summed E-state index contributed by atoms with van der Waals surface area (Å²) in [4.78, 5) is 0. The molecule has 0 aromatic carbocycles. The van der Waals surface area contributed by atoms with Crippen LogP contribution in [-0.2, 0) is 4.74 Å². The average molecular weight is 257 g/mol. The van der Waals surface area contributed by atoms with Gasteiger partial charge in [0, 0.05) is 18.4 Å². The summed E-state index contributed by atoms with van der Waals surface area (Å²) in [6.07, 6.45) is 8.75. The van der Waals surface area contributed by atoms with Gasteiger partial charge in [0.05, 0.1) is 5.60 Å². The van der Waals surface area contributed by atoms with Crippen LogP contribution in [0.5, 0.6) is 0 Å². The van der Waals surface area contributed by atoms with E-state index in [2.05, 4.69) is 18.7 Å². The van der Waals surface area contributed by atoms with Crippen molar-refractivity contribution in [3.05, 3.63) is 0 Å². The van der Waals surface area contributed by atoms with E-state index in [0.29, 0.717) is 6.04 Å². The number of hydrogen-bond acceptors (Lipinski definition) is 3. The van der Waals surface area contributed by atoms with E-state index >= 15 is 0 Å². The van der Waals surface area contributed by atoms with Crippen LogP contribution in [0.15, 0.2) is 0 Å². The van der Waals surface area contributed by atoms with Gasteiger partial charge in [-0.15, -0.1) is 0 Å². The number of nitrogens with two attached hydrogens (primary N) is 1. The zero-order chi connectivity index (χ0) is 12.1. The van der Waals surface area contributed by atoms with Crippen molar-refractivity contribution < 1.29 is 4.74 Å². The maximum Gasteiger partial charge on any atom is 0.0783 e. The van der Waals surface area contributed by atoms with Crippen LogP contribution in [0, 0.1) is 5.92 Å². The molecule has 0 bridgehead atoms. The Hall–Kier alpha value is 0.270. The van der Waals surface area contributed by atoms with Crippen molar-refractivity contribution >= 4 is 11.8 Å². The lowest BCUT2D eigenvalue weighted by atomic mass is 9.82. The Bertz CT molecular complexity index is 228. The number of rotatable bonds is 5. The van der Waals surface area contributed by atoms with Crippen LogP contribution in [0.1, 0.15) is 51.9 Å². The molecule has 0 aromatic heterocycles. The number of ether oxygens (including phenoxy) is 1. The molecule has 3 atom stereocenters. The molecule has 3 unspecified atom stereocenters. The summed E-state index contributed by atoms with van der Waals surface area (Å²) in [6.45, 7) is 3.20. The molecule has 0 aliphatic carbocycles. The molecule has 0 amide bonds. The highest BCUT2D eigenvalue weighted by Crippen LogP contribution is 2.41. The van der Waals surface area contributed by atoms with Gasteiger partial charge >= 0.3 is 0 Å². The molecule has 2 aliphatic rings. The van der Waals surface area contributed by atoms with E-state index in [4.69, 9.17) is 10.5 Å². The minimum atomic E-state index is 0.252. The molecule has 2 saturated heterocycles. The van der Waals surface area contributed by atoms with Gasteiger partial charge in [-0.25, -0.2) is 0 Å². The van der Waals surface area contributed by atoms with Crippen LogP contribution in [-0.4, -0.2) is 29.8 Å². The molecule has 0 aromatic rings. The summed E-state index contributed by atoms with van der Waals surface area (Å²) in [5.41, 5.74) is 6.36. The molecule has 2 heterocycles. The third-order valence-electron chi connectivity index (χ3n) is 4.27. The Kier molecular flexibility index (Phi) is 5.19. The van der Waals surface area contributed by atoms with Crippen LogP contribution >= 0.6 is 11.8 Å². The molecular weight excluding hydrogens is 230 g/mol. The molecule has 3 heteroatoms. The predicted molar refractivity (Wildman–Crippen MR) is 75.5 cm³/mol. The molecule has 2 N–H and O–H groups in total. The van der Waals surface area contributed by atoms with Crippen LogP contribution in [0.25, 0.3) is 0 Å². The summed E-state index contributed by atoms with van der Waals surface area (Å²) in [6, 6.07) is 0.428. The lowest BCUT2D eigenvalue weighted by Gasteiger charge is -2.38. The summed E-state index contributed by atoms with van der Waals surface area (Å²) in [7, 11) is 0. The highest BCUT2D eigenvalue weighted by atomic mass is 32.2. The molecule has 2 rings (SSSR count). The Labute approximate surface area is 110 Å². The van der Waals surface area contributed by atoms with Gasteiger partial charge in [0.15, 0.2) is 0 Å². The fraction of sp³-hybridized carbons (Fsp3) is 1.00. The van der Waals surface area contributed by atoms with Crippen molar-refractivity contribution in [3.8, 4) is 0 Å². The molecule has 1 spiro atoms. The SMILES string of the molecule is CCCC(N)CCC1CCOC2(CCSC2)C1. The van der Waals surface area contributed by atoms with E-state index in [1.165, 1.54) is 56.5 Å². The largest absolute Gasteiger partial charge is 0.374 e. The summed E-state index contributed by atoms with van der Waals surface area (Å²) in [5, 5.41) is 0. The van der Waals surface area contributed by atoms with Gasteiger partial charge in [-0.2, -0.15) is 11.8 Å². The van der Waals surface area contributed by atoms with Gasteiger partial charge in [0.2, 0.25) is 0 Å². The first-order valence-electron chi connectivity index (χ1n) is 7.21. The van der Waals surface area contributed by atoms with Gasteiger partial charge < -0.3 is 10.5 Å². The zero-order valence-electron chi connectivity index (χ0n) is 11.1. The predicted octanol–water partition coefficient (Wildman–Crippen LogP) is 3.20. The van der Waals surface area contributed by atoms with E-state index in [9.17, 15) is 0 Å².